The number of benzene rings is 2. The Morgan fingerprint density at radius 2 is 1.74 bits per heavy atom. The second-order valence-corrected chi connectivity index (χ2v) is 6.54. The largest absolute Gasteiger partial charge is 0.465 e. The van der Waals surface area contributed by atoms with E-state index in [2.05, 4.69) is 10.1 Å². The van der Waals surface area contributed by atoms with E-state index in [1.807, 2.05) is 19.9 Å². The zero-order valence-corrected chi connectivity index (χ0v) is 16.4. The van der Waals surface area contributed by atoms with Gasteiger partial charge in [0.15, 0.2) is 0 Å². The lowest BCUT2D eigenvalue weighted by molar-refractivity contribution is -0.120. The van der Waals surface area contributed by atoms with Gasteiger partial charge in [0.1, 0.15) is 6.54 Å². The number of esters is 1. The molecule has 2 aromatic rings. The monoisotopic (exact) mass is 388 g/mol. The SMILES string of the molecule is COC(=O)c1ccc(NC(=O)CN(C(C)=O)c2c(C)cc(C)cc2Cl)cc1. The lowest BCUT2D eigenvalue weighted by atomic mass is 10.1. The first-order valence-corrected chi connectivity index (χ1v) is 8.63. The van der Waals surface area contributed by atoms with E-state index in [1.165, 1.54) is 18.9 Å². The van der Waals surface area contributed by atoms with Gasteiger partial charge >= 0.3 is 5.97 Å². The van der Waals surface area contributed by atoms with E-state index < -0.39 is 5.97 Å². The van der Waals surface area contributed by atoms with Crippen molar-refractivity contribution in [2.24, 2.45) is 0 Å². The summed E-state index contributed by atoms with van der Waals surface area (Å²) in [5, 5.41) is 3.12. The smallest absolute Gasteiger partial charge is 0.337 e. The van der Waals surface area contributed by atoms with Crippen LogP contribution in [0.2, 0.25) is 5.02 Å². The fourth-order valence-corrected chi connectivity index (χ4v) is 3.17. The molecule has 0 heterocycles. The van der Waals surface area contributed by atoms with Crippen molar-refractivity contribution < 1.29 is 19.1 Å². The average Bonchev–Trinajstić information content (AvgIpc) is 2.59. The average molecular weight is 389 g/mol. The third-order valence-corrected chi connectivity index (χ3v) is 4.23. The van der Waals surface area contributed by atoms with Gasteiger partial charge in [0.05, 0.1) is 23.4 Å². The molecule has 0 atom stereocenters. The molecule has 0 aliphatic rings. The number of carbonyl (C=O) groups excluding carboxylic acids is 3. The summed E-state index contributed by atoms with van der Waals surface area (Å²) in [6, 6.07) is 9.93. The van der Waals surface area contributed by atoms with Gasteiger partial charge in [0.2, 0.25) is 11.8 Å². The number of ether oxygens (including phenoxy) is 1. The van der Waals surface area contributed by atoms with Crippen LogP contribution in [0.15, 0.2) is 36.4 Å². The van der Waals surface area contributed by atoms with Gasteiger partial charge in [-0.05, 0) is 55.3 Å². The highest BCUT2D eigenvalue weighted by Gasteiger charge is 2.21. The highest BCUT2D eigenvalue weighted by Crippen LogP contribution is 2.31. The maximum absolute atomic E-state index is 12.4. The number of anilines is 2. The van der Waals surface area contributed by atoms with E-state index >= 15 is 0 Å². The summed E-state index contributed by atoms with van der Waals surface area (Å²) >= 11 is 6.31. The summed E-state index contributed by atoms with van der Waals surface area (Å²) < 4.78 is 4.63. The number of carbonyl (C=O) groups is 3. The first kappa shape index (κ1) is 20.5. The van der Waals surface area contributed by atoms with Crippen molar-refractivity contribution in [3.8, 4) is 0 Å². The van der Waals surface area contributed by atoms with Crippen LogP contribution in [-0.2, 0) is 14.3 Å². The maximum Gasteiger partial charge on any atom is 0.337 e. The molecule has 2 rings (SSSR count). The van der Waals surface area contributed by atoms with Crippen molar-refractivity contribution in [1.82, 2.24) is 0 Å². The lowest BCUT2D eigenvalue weighted by Gasteiger charge is -2.24. The fraction of sp³-hybridized carbons (Fsp3) is 0.250. The molecule has 0 aliphatic carbocycles. The zero-order chi connectivity index (χ0) is 20.1. The number of amides is 2. The van der Waals surface area contributed by atoms with Gasteiger partial charge in [0, 0.05) is 12.6 Å². The molecular formula is C20H21ClN2O4. The minimum atomic E-state index is -0.458. The van der Waals surface area contributed by atoms with Gasteiger partial charge in [-0.1, -0.05) is 17.7 Å². The molecule has 0 bridgehead atoms. The Bertz CT molecular complexity index is 855. The molecule has 0 saturated carbocycles. The van der Waals surface area contributed by atoms with Gasteiger partial charge < -0.3 is 15.0 Å². The molecule has 7 heteroatoms. The number of aryl methyl sites for hydroxylation is 2. The summed E-state index contributed by atoms with van der Waals surface area (Å²) in [7, 11) is 1.30. The van der Waals surface area contributed by atoms with Crippen molar-refractivity contribution in [2.45, 2.75) is 20.8 Å². The molecular weight excluding hydrogens is 368 g/mol. The number of hydrogen-bond acceptors (Lipinski definition) is 4. The van der Waals surface area contributed by atoms with Crippen molar-refractivity contribution >= 4 is 40.8 Å². The Labute approximate surface area is 163 Å². The maximum atomic E-state index is 12.4. The van der Waals surface area contributed by atoms with Crippen LogP contribution in [0.5, 0.6) is 0 Å². The number of nitrogens with zero attached hydrogens (tertiary/aromatic N) is 1. The summed E-state index contributed by atoms with van der Waals surface area (Å²) in [6.07, 6.45) is 0. The Hall–Kier alpha value is -2.86. The van der Waals surface area contributed by atoms with Crippen molar-refractivity contribution in [1.29, 1.82) is 0 Å². The minimum absolute atomic E-state index is 0.183. The molecule has 1 N–H and O–H groups in total. The predicted molar refractivity (Wildman–Crippen MR) is 105 cm³/mol. The van der Waals surface area contributed by atoms with E-state index in [-0.39, 0.29) is 18.4 Å². The van der Waals surface area contributed by atoms with E-state index in [0.717, 1.165) is 11.1 Å². The molecule has 6 nitrogen and oxygen atoms in total. The van der Waals surface area contributed by atoms with Crippen molar-refractivity contribution in [2.75, 3.05) is 23.9 Å². The zero-order valence-electron chi connectivity index (χ0n) is 15.6. The normalized spacial score (nSPS) is 10.3. The van der Waals surface area contributed by atoms with Crippen LogP contribution in [0.1, 0.15) is 28.4 Å². The summed E-state index contributed by atoms with van der Waals surface area (Å²) in [5.74, 6) is -1.13. The van der Waals surface area contributed by atoms with Crippen molar-refractivity contribution in [3.05, 3.63) is 58.1 Å². The van der Waals surface area contributed by atoms with Crippen LogP contribution in [0.3, 0.4) is 0 Å². The fourth-order valence-electron chi connectivity index (χ4n) is 2.75. The van der Waals surface area contributed by atoms with Crippen LogP contribution < -0.4 is 10.2 Å². The second kappa shape index (κ2) is 8.68. The highest BCUT2D eigenvalue weighted by molar-refractivity contribution is 6.34. The van der Waals surface area contributed by atoms with Gasteiger partial charge in [-0.3, -0.25) is 9.59 Å². The molecule has 2 amide bonds. The third-order valence-electron chi connectivity index (χ3n) is 3.94. The molecule has 142 valence electrons. The van der Waals surface area contributed by atoms with E-state index in [0.29, 0.717) is 22.0 Å². The number of halogens is 1. The molecule has 27 heavy (non-hydrogen) atoms. The Kier molecular flexibility index (Phi) is 6.58. The van der Waals surface area contributed by atoms with Crippen molar-refractivity contribution in [3.63, 3.8) is 0 Å². The molecule has 0 saturated heterocycles. The minimum Gasteiger partial charge on any atom is -0.465 e. The summed E-state index contributed by atoms with van der Waals surface area (Å²) in [4.78, 5) is 37.3. The first-order valence-electron chi connectivity index (χ1n) is 8.26. The Balaban J connectivity index is 2.17. The van der Waals surface area contributed by atoms with E-state index in [1.54, 1.807) is 30.3 Å². The van der Waals surface area contributed by atoms with Crippen LogP contribution in [0.25, 0.3) is 0 Å². The van der Waals surface area contributed by atoms with Gasteiger partial charge in [-0.2, -0.15) is 0 Å². The van der Waals surface area contributed by atoms with E-state index in [4.69, 9.17) is 11.6 Å². The third kappa shape index (κ3) is 5.08. The molecule has 2 aromatic carbocycles. The van der Waals surface area contributed by atoms with Gasteiger partial charge in [-0.25, -0.2) is 4.79 Å². The number of methoxy groups -OCH3 is 1. The van der Waals surface area contributed by atoms with Crippen LogP contribution in [-0.4, -0.2) is 31.4 Å². The highest BCUT2D eigenvalue weighted by atomic mass is 35.5. The second-order valence-electron chi connectivity index (χ2n) is 6.13. The van der Waals surface area contributed by atoms with E-state index in [9.17, 15) is 14.4 Å². The van der Waals surface area contributed by atoms with Gasteiger partial charge in [-0.15, -0.1) is 0 Å². The lowest BCUT2D eigenvalue weighted by Crippen LogP contribution is -2.37. The van der Waals surface area contributed by atoms with Crippen LogP contribution in [0.4, 0.5) is 11.4 Å². The van der Waals surface area contributed by atoms with Crippen LogP contribution in [0, 0.1) is 13.8 Å². The number of rotatable bonds is 5. The molecule has 0 aromatic heterocycles. The molecule has 0 fully saturated rings. The quantitative estimate of drug-likeness (QED) is 0.792. The Morgan fingerprint density at radius 3 is 2.26 bits per heavy atom. The molecule has 0 aliphatic heterocycles. The Morgan fingerprint density at radius 1 is 1.11 bits per heavy atom. The standard InChI is InChI=1S/C20H21ClN2O4/c1-12-9-13(2)19(17(21)10-12)23(14(3)24)11-18(25)22-16-7-5-15(6-8-16)20(26)27-4/h5-10H,11H2,1-4H3,(H,22,25). The predicted octanol–water partition coefficient (Wildman–Crippen LogP) is 3.74. The molecule has 0 spiro atoms. The summed E-state index contributed by atoms with van der Waals surface area (Å²) in [5.41, 5.74) is 3.18. The number of hydrogen-bond donors (Lipinski definition) is 1. The number of nitrogens with one attached hydrogen (secondary N) is 1. The molecule has 0 radical (unpaired) electrons. The summed E-state index contributed by atoms with van der Waals surface area (Å²) in [6.45, 7) is 4.95. The molecule has 0 unspecified atom stereocenters. The topological polar surface area (TPSA) is 75.7 Å². The van der Waals surface area contributed by atoms with Crippen LogP contribution >= 0.6 is 11.6 Å². The first-order chi connectivity index (χ1) is 12.7. The van der Waals surface area contributed by atoms with Gasteiger partial charge in [0.25, 0.3) is 0 Å².